The summed E-state index contributed by atoms with van der Waals surface area (Å²) in [6.07, 6.45) is 2.10. The molecule has 21 heavy (non-hydrogen) atoms. The van der Waals surface area contributed by atoms with E-state index in [4.69, 9.17) is 5.73 Å². The predicted octanol–water partition coefficient (Wildman–Crippen LogP) is 0.0337. The Balaban J connectivity index is 0.00000400. The van der Waals surface area contributed by atoms with Gasteiger partial charge in [-0.2, -0.15) is 0 Å². The highest BCUT2D eigenvalue weighted by molar-refractivity contribution is 7.88. The van der Waals surface area contributed by atoms with Crippen molar-refractivity contribution in [1.82, 2.24) is 10.0 Å². The van der Waals surface area contributed by atoms with Crippen LogP contribution in [0.25, 0.3) is 0 Å². The molecule has 1 aromatic carbocycles. The number of carbonyl (C=O) groups excluding carboxylic acids is 1. The van der Waals surface area contributed by atoms with Crippen LogP contribution in [0.5, 0.6) is 0 Å². The number of sulfonamides is 1. The normalized spacial score (nSPS) is 12.3. The highest BCUT2D eigenvalue weighted by Crippen LogP contribution is 2.01. The summed E-state index contributed by atoms with van der Waals surface area (Å²) < 4.78 is 24.0. The van der Waals surface area contributed by atoms with Crippen molar-refractivity contribution in [3.8, 4) is 0 Å². The Labute approximate surface area is 132 Å². The molecular weight excluding hydrogens is 314 g/mol. The Bertz CT molecular complexity index is 523. The number of rotatable bonds is 8. The number of amides is 1. The second-order valence-corrected chi connectivity index (χ2v) is 6.44. The molecule has 0 saturated heterocycles. The zero-order valence-corrected chi connectivity index (χ0v) is 13.5. The summed E-state index contributed by atoms with van der Waals surface area (Å²) in [7, 11) is -3.17. The maximum Gasteiger partial charge on any atom is 0.237 e. The van der Waals surface area contributed by atoms with E-state index in [0.29, 0.717) is 25.9 Å². The molecule has 1 unspecified atom stereocenters. The summed E-state index contributed by atoms with van der Waals surface area (Å²) in [5, 5.41) is 2.69. The first-order valence-electron chi connectivity index (χ1n) is 6.40. The van der Waals surface area contributed by atoms with Gasteiger partial charge in [-0.15, -0.1) is 12.4 Å². The van der Waals surface area contributed by atoms with Gasteiger partial charge in [-0.3, -0.25) is 4.79 Å². The molecule has 8 heteroatoms. The molecule has 0 saturated carbocycles. The first kappa shape index (κ1) is 19.9. The van der Waals surface area contributed by atoms with Crippen molar-refractivity contribution in [1.29, 1.82) is 0 Å². The summed E-state index contributed by atoms with van der Waals surface area (Å²) in [6.45, 7) is 0.691. The number of nitrogens with two attached hydrogens (primary N) is 1. The highest BCUT2D eigenvalue weighted by Gasteiger charge is 2.13. The van der Waals surface area contributed by atoms with Crippen molar-refractivity contribution in [2.75, 3.05) is 19.3 Å². The van der Waals surface area contributed by atoms with Gasteiger partial charge < -0.3 is 11.1 Å². The van der Waals surface area contributed by atoms with Crippen LogP contribution in [0, 0.1) is 0 Å². The average Bonchev–Trinajstić information content (AvgIpc) is 2.38. The van der Waals surface area contributed by atoms with E-state index in [9.17, 15) is 13.2 Å². The average molecular weight is 336 g/mol. The van der Waals surface area contributed by atoms with E-state index in [1.807, 2.05) is 30.3 Å². The third-order valence-corrected chi connectivity index (χ3v) is 3.38. The molecule has 1 rings (SSSR count). The smallest absolute Gasteiger partial charge is 0.237 e. The lowest BCUT2D eigenvalue weighted by Crippen LogP contribution is -2.42. The van der Waals surface area contributed by atoms with E-state index >= 15 is 0 Å². The van der Waals surface area contributed by atoms with Crippen molar-refractivity contribution in [2.45, 2.75) is 18.9 Å². The minimum absolute atomic E-state index is 0. The summed E-state index contributed by atoms with van der Waals surface area (Å²) in [5.74, 6) is -0.229. The number of benzene rings is 1. The molecule has 0 aliphatic rings. The minimum Gasteiger partial charge on any atom is -0.355 e. The second-order valence-electron chi connectivity index (χ2n) is 4.61. The zero-order chi connectivity index (χ0) is 15.0. The van der Waals surface area contributed by atoms with Crippen LogP contribution in [0.1, 0.15) is 12.0 Å². The molecule has 120 valence electrons. The SMILES string of the molecule is CS(=O)(=O)NCCCNC(=O)C(N)Cc1ccccc1.Cl. The van der Waals surface area contributed by atoms with Crippen LogP contribution in [0.3, 0.4) is 0 Å². The Morgan fingerprint density at radius 2 is 1.86 bits per heavy atom. The van der Waals surface area contributed by atoms with Gasteiger partial charge in [0.25, 0.3) is 0 Å². The van der Waals surface area contributed by atoms with Gasteiger partial charge in [-0.25, -0.2) is 13.1 Å². The van der Waals surface area contributed by atoms with Crippen LogP contribution in [-0.2, 0) is 21.2 Å². The van der Waals surface area contributed by atoms with Crippen molar-refractivity contribution in [2.24, 2.45) is 5.73 Å². The van der Waals surface area contributed by atoms with Crippen LogP contribution >= 0.6 is 12.4 Å². The van der Waals surface area contributed by atoms with Crippen molar-refractivity contribution in [3.63, 3.8) is 0 Å². The monoisotopic (exact) mass is 335 g/mol. The first-order chi connectivity index (χ1) is 9.38. The van der Waals surface area contributed by atoms with Gasteiger partial charge in [0.2, 0.25) is 15.9 Å². The van der Waals surface area contributed by atoms with Crippen LogP contribution in [-0.4, -0.2) is 39.7 Å². The molecule has 4 N–H and O–H groups in total. The van der Waals surface area contributed by atoms with E-state index in [1.165, 1.54) is 0 Å². The van der Waals surface area contributed by atoms with Gasteiger partial charge in [-0.1, -0.05) is 30.3 Å². The Morgan fingerprint density at radius 3 is 2.43 bits per heavy atom. The van der Waals surface area contributed by atoms with Crippen molar-refractivity contribution in [3.05, 3.63) is 35.9 Å². The topological polar surface area (TPSA) is 101 Å². The molecule has 0 bridgehead atoms. The Morgan fingerprint density at radius 1 is 1.24 bits per heavy atom. The molecule has 0 spiro atoms. The van der Waals surface area contributed by atoms with Gasteiger partial charge in [0.15, 0.2) is 0 Å². The van der Waals surface area contributed by atoms with E-state index in [2.05, 4.69) is 10.0 Å². The molecule has 1 amide bonds. The number of hydrogen-bond acceptors (Lipinski definition) is 4. The molecule has 1 atom stereocenters. The fourth-order valence-electron chi connectivity index (χ4n) is 1.65. The van der Waals surface area contributed by atoms with Crippen LogP contribution in [0.2, 0.25) is 0 Å². The maximum absolute atomic E-state index is 11.7. The van der Waals surface area contributed by atoms with E-state index in [1.54, 1.807) is 0 Å². The van der Waals surface area contributed by atoms with Crippen LogP contribution in [0.4, 0.5) is 0 Å². The van der Waals surface area contributed by atoms with Gasteiger partial charge >= 0.3 is 0 Å². The maximum atomic E-state index is 11.7. The number of halogens is 1. The lowest BCUT2D eigenvalue weighted by molar-refractivity contribution is -0.122. The Hall–Kier alpha value is -1.15. The van der Waals surface area contributed by atoms with E-state index < -0.39 is 16.1 Å². The van der Waals surface area contributed by atoms with Crippen molar-refractivity contribution < 1.29 is 13.2 Å². The standard InChI is InChI=1S/C13H21N3O3S.ClH/c1-20(18,19)16-9-5-8-15-13(17)12(14)10-11-6-3-2-4-7-11;/h2-4,6-7,12,16H,5,8-10,14H2,1H3,(H,15,17);1H. The molecule has 0 radical (unpaired) electrons. The number of nitrogens with one attached hydrogen (secondary N) is 2. The second kappa shape index (κ2) is 9.73. The summed E-state index contributed by atoms with van der Waals surface area (Å²) in [6, 6.07) is 8.95. The summed E-state index contributed by atoms with van der Waals surface area (Å²) in [5.41, 5.74) is 6.82. The predicted molar refractivity (Wildman–Crippen MR) is 85.8 cm³/mol. The summed E-state index contributed by atoms with van der Waals surface area (Å²) >= 11 is 0. The van der Waals surface area contributed by atoms with Crippen LogP contribution < -0.4 is 15.8 Å². The fourth-order valence-corrected chi connectivity index (χ4v) is 2.16. The molecule has 1 aromatic rings. The van der Waals surface area contributed by atoms with E-state index in [-0.39, 0.29) is 18.3 Å². The molecule has 0 heterocycles. The minimum atomic E-state index is -3.17. The molecule has 0 aliphatic carbocycles. The highest BCUT2D eigenvalue weighted by atomic mass is 35.5. The zero-order valence-electron chi connectivity index (χ0n) is 11.9. The number of hydrogen-bond donors (Lipinski definition) is 3. The quantitative estimate of drug-likeness (QED) is 0.583. The Kier molecular flexibility index (Phi) is 9.19. The first-order valence-corrected chi connectivity index (χ1v) is 8.29. The third kappa shape index (κ3) is 9.41. The lowest BCUT2D eigenvalue weighted by Gasteiger charge is -2.12. The molecule has 0 aromatic heterocycles. The number of carbonyl (C=O) groups is 1. The molecule has 0 aliphatic heterocycles. The van der Waals surface area contributed by atoms with Crippen molar-refractivity contribution >= 4 is 28.3 Å². The summed E-state index contributed by atoms with van der Waals surface area (Å²) in [4.78, 5) is 11.7. The van der Waals surface area contributed by atoms with Gasteiger partial charge in [0, 0.05) is 13.1 Å². The van der Waals surface area contributed by atoms with Crippen LogP contribution in [0.15, 0.2) is 30.3 Å². The van der Waals surface area contributed by atoms with Gasteiger partial charge in [0.05, 0.1) is 12.3 Å². The third-order valence-electron chi connectivity index (χ3n) is 2.65. The largest absolute Gasteiger partial charge is 0.355 e. The van der Waals surface area contributed by atoms with Gasteiger partial charge in [-0.05, 0) is 18.4 Å². The molecular formula is C13H22ClN3O3S. The fraction of sp³-hybridized carbons (Fsp3) is 0.462. The van der Waals surface area contributed by atoms with Gasteiger partial charge in [0.1, 0.15) is 0 Å². The lowest BCUT2D eigenvalue weighted by atomic mass is 10.1. The van der Waals surface area contributed by atoms with E-state index in [0.717, 1.165) is 11.8 Å². The molecule has 0 fully saturated rings. The molecule has 6 nitrogen and oxygen atoms in total.